The summed E-state index contributed by atoms with van der Waals surface area (Å²) in [6.45, 7) is 14.2. The van der Waals surface area contributed by atoms with Crippen LogP contribution in [0.25, 0.3) is 0 Å². The number of aryl methyl sites for hydroxylation is 3. The first-order valence-corrected chi connectivity index (χ1v) is 8.30. The minimum atomic E-state index is -0.516. The molecule has 1 fully saturated rings. The number of benzene rings is 1. The molecule has 1 aliphatic heterocycles. The monoisotopic (exact) mass is 289 g/mol. The molecule has 2 nitrogen and oxygen atoms in total. The first-order valence-electron chi connectivity index (χ1n) is 8.30. The average Bonchev–Trinajstić information content (AvgIpc) is 2.37. The lowest BCUT2D eigenvalue weighted by atomic mass is 9.82. The van der Waals surface area contributed by atoms with Crippen LogP contribution in [0.5, 0.6) is 0 Å². The molecule has 0 aliphatic carbocycles. The zero-order valence-electron chi connectivity index (χ0n) is 14.4. The highest BCUT2D eigenvalue weighted by atomic mass is 16.3. The lowest BCUT2D eigenvalue weighted by Gasteiger charge is -2.39. The summed E-state index contributed by atoms with van der Waals surface area (Å²) in [5.74, 6) is 0.706. The van der Waals surface area contributed by atoms with Crippen LogP contribution in [0, 0.1) is 26.7 Å². The van der Waals surface area contributed by atoms with Gasteiger partial charge in [-0.15, -0.1) is 0 Å². The van der Waals surface area contributed by atoms with Gasteiger partial charge in [-0.05, 0) is 56.2 Å². The summed E-state index contributed by atoms with van der Waals surface area (Å²) in [7, 11) is 0. The molecule has 2 heteroatoms. The van der Waals surface area contributed by atoms with Crippen molar-refractivity contribution in [3.8, 4) is 0 Å². The Bertz CT molecular complexity index is 461. The molecule has 0 aromatic heterocycles. The van der Waals surface area contributed by atoms with Crippen molar-refractivity contribution in [3.63, 3.8) is 0 Å². The SMILES string of the molecule is Cc1cc(C)c(CC2(O)CCN(CC(C)C)CC2)c(C)c1. The molecule has 1 aromatic rings. The molecule has 1 N–H and O–H groups in total. The largest absolute Gasteiger partial charge is 0.389 e. The molecule has 0 radical (unpaired) electrons. The van der Waals surface area contributed by atoms with Crippen molar-refractivity contribution in [2.75, 3.05) is 19.6 Å². The van der Waals surface area contributed by atoms with Crippen molar-refractivity contribution in [1.82, 2.24) is 4.90 Å². The van der Waals surface area contributed by atoms with E-state index < -0.39 is 5.60 Å². The summed E-state index contributed by atoms with van der Waals surface area (Å²) >= 11 is 0. The fraction of sp³-hybridized carbons (Fsp3) is 0.684. The Morgan fingerprint density at radius 3 is 2.10 bits per heavy atom. The van der Waals surface area contributed by atoms with Crippen molar-refractivity contribution in [2.45, 2.75) is 59.5 Å². The maximum absolute atomic E-state index is 11.0. The number of hydrogen-bond acceptors (Lipinski definition) is 2. The Labute approximate surface area is 130 Å². The van der Waals surface area contributed by atoms with Gasteiger partial charge >= 0.3 is 0 Å². The van der Waals surface area contributed by atoms with Gasteiger partial charge in [-0.2, -0.15) is 0 Å². The van der Waals surface area contributed by atoms with Gasteiger partial charge in [0.1, 0.15) is 0 Å². The zero-order chi connectivity index (χ0) is 15.6. The second kappa shape index (κ2) is 6.50. The summed E-state index contributed by atoms with van der Waals surface area (Å²) in [4.78, 5) is 2.49. The van der Waals surface area contributed by atoms with E-state index in [9.17, 15) is 5.11 Å². The molecule has 1 aromatic carbocycles. The molecule has 21 heavy (non-hydrogen) atoms. The first kappa shape index (κ1) is 16.5. The van der Waals surface area contributed by atoms with E-state index in [-0.39, 0.29) is 0 Å². The van der Waals surface area contributed by atoms with E-state index in [1.165, 1.54) is 22.3 Å². The lowest BCUT2D eigenvalue weighted by molar-refractivity contribution is -0.0229. The summed E-state index contributed by atoms with van der Waals surface area (Å²) in [6, 6.07) is 4.47. The minimum Gasteiger partial charge on any atom is -0.389 e. The zero-order valence-corrected chi connectivity index (χ0v) is 14.4. The number of aliphatic hydroxyl groups is 1. The van der Waals surface area contributed by atoms with Crippen molar-refractivity contribution in [2.24, 2.45) is 5.92 Å². The third-order valence-corrected chi connectivity index (χ3v) is 4.76. The van der Waals surface area contributed by atoms with Crippen LogP contribution in [0.2, 0.25) is 0 Å². The molecule has 0 spiro atoms. The molecular formula is C19H31NO. The van der Waals surface area contributed by atoms with Crippen LogP contribution in [0.15, 0.2) is 12.1 Å². The predicted octanol–water partition coefficient (Wildman–Crippen LogP) is 3.64. The highest BCUT2D eigenvalue weighted by Crippen LogP contribution is 2.29. The van der Waals surface area contributed by atoms with Crippen LogP contribution in [0.3, 0.4) is 0 Å². The maximum atomic E-state index is 11.0. The average molecular weight is 289 g/mol. The van der Waals surface area contributed by atoms with Gasteiger partial charge in [-0.3, -0.25) is 0 Å². The molecule has 0 saturated carbocycles. The van der Waals surface area contributed by atoms with Crippen molar-refractivity contribution < 1.29 is 5.11 Å². The minimum absolute atomic E-state index is 0.516. The van der Waals surface area contributed by atoms with Crippen LogP contribution >= 0.6 is 0 Å². The Morgan fingerprint density at radius 2 is 1.62 bits per heavy atom. The van der Waals surface area contributed by atoms with E-state index in [4.69, 9.17) is 0 Å². The second-order valence-corrected chi connectivity index (χ2v) is 7.47. The molecule has 0 amide bonds. The Balaban J connectivity index is 2.04. The number of rotatable bonds is 4. The molecule has 0 bridgehead atoms. The van der Waals surface area contributed by atoms with Crippen LogP contribution < -0.4 is 0 Å². The smallest absolute Gasteiger partial charge is 0.0712 e. The highest BCUT2D eigenvalue weighted by Gasteiger charge is 2.33. The fourth-order valence-corrected chi connectivity index (χ4v) is 3.66. The third kappa shape index (κ3) is 4.31. The van der Waals surface area contributed by atoms with E-state index in [0.717, 1.165) is 38.9 Å². The summed E-state index contributed by atoms with van der Waals surface area (Å²) in [5.41, 5.74) is 4.79. The van der Waals surface area contributed by atoms with Crippen LogP contribution in [-0.2, 0) is 6.42 Å². The molecular weight excluding hydrogens is 258 g/mol. The summed E-state index contributed by atoms with van der Waals surface area (Å²) in [5, 5.41) is 11.0. The number of hydrogen-bond donors (Lipinski definition) is 1. The van der Waals surface area contributed by atoms with Crippen LogP contribution in [0.4, 0.5) is 0 Å². The predicted molar refractivity (Wildman–Crippen MR) is 89.8 cm³/mol. The molecule has 1 heterocycles. The fourth-order valence-electron chi connectivity index (χ4n) is 3.66. The number of nitrogens with zero attached hydrogens (tertiary/aromatic N) is 1. The van der Waals surface area contributed by atoms with Crippen LogP contribution in [-0.4, -0.2) is 35.2 Å². The summed E-state index contributed by atoms with van der Waals surface area (Å²) < 4.78 is 0. The van der Waals surface area contributed by atoms with Gasteiger partial charge in [0, 0.05) is 26.1 Å². The van der Waals surface area contributed by atoms with Gasteiger partial charge in [0.15, 0.2) is 0 Å². The lowest BCUT2D eigenvalue weighted by Crippen LogP contribution is -2.46. The van der Waals surface area contributed by atoms with Gasteiger partial charge in [0.05, 0.1) is 5.60 Å². The number of piperidine rings is 1. The van der Waals surface area contributed by atoms with E-state index in [0.29, 0.717) is 5.92 Å². The van der Waals surface area contributed by atoms with Crippen molar-refractivity contribution in [3.05, 3.63) is 34.4 Å². The van der Waals surface area contributed by atoms with Crippen molar-refractivity contribution >= 4 is 0 Å². The second-order valence-electron chi connectivity index (χ2n) is 7.47. The normalized spacial score (nSPS) is 19.2. The maximum Gasteiger partial charge on any atom is 0.0712 e. The molecule has 1 aliphatic rings. The molecule has 0 atom stereocenters. The quantitative estimate of drug-likeness (QED) is 0.915. The van der Waals surface area contributed by atoms with E-state index in [1.807, 2.05) is 0 Å². The van der Waals surface area contributed by atoms with Gasteiger partial charge in [0.2, 0.25) is 0 Å². The third-order valence-electron chi connectivity index (χ3n) is 4.76. The Hall–Kier alpha value is -0.860. The van der Waals surface area contributed by atoms with E-state index >= 15 is 0 Å². The molecule has 1 saturated heterocycles. The Morgan fingerprint density at radius 1 is 1.10 bits per heavy atom. The molecule has 0 unspecified atom stereocenters. The topological polar surface area (TPSA) is 23.5 Å². The Kier molecular flexibility index (Phi) is 5.11. The van der Waals surface area contributed by atoms with E-state index in [2.05, 4.69) is 51.7 Å². The van der Waals surface area contributed by atoms with E-state index in [1.54, 1.807) is 0 Å². The molecule has 118 valence electrons. The van der Waals surface area contributed by atoms with Crippen molar-refractivity contribution in [1.29, 1.82) is 0 Å². The molecule has 2 rings (SSSR count). The van der Waals surface area contributed by atoms with Gasteiger partial charge in [0.25, 0.3) is 0 Å². The first-order chi connectivity index (χ1) is 9.79. The van der Waals surface area contributed by atoms with Crippen LogP contribution in [0.1, 0.15) is 48.9 Å². The standard InChI is InChI=1S/C19H31NO/c1-14(2)13-20-8-6-19(21,7-9-20)12-18-16(4)10-15(3)11-17(18)5/h10-11,14,21H,6-9,12-13H2,1-5H3. The number of likely N-dealkylation sites (tertiary alicyclic amines) is 1. The highest BCUT2D eigenvalue weighted by molar-refractivity contribution is 5.38. The van der Waals surface area contributed by atoms with Gasteiger partial charge < -0.3 is 10.0 Å². The van der Waals surface area contributed by atoms with Gasteiger partial charge in [-0.25, -0.2) is 0 Å². The van der Waals surface area contributed by atoms with Gasteiger partial charge in [-0.1, -0.05) is 31.5 Å². The summed E-state index contributed by atoms with van der Waals surface area (Å²) in [6.07, 6.45) is 2.60.